The summed E-state index contributed by atoms with van der Waals surface area (Å²) in [4.78, 5) is 0. The Labute approximate surface area is 256 Å². The lowest BCUT2D eigenvalue weighted by Gasteiger charge is -2.13. The summed E-state index contributed by atoms with van der Waals surface area (Å²) in [5.74, 6) is -0.842. The van der Waals surface area contributed by atoms with E-state index in [1.807, 2.05) is 12.1 Å². The van der Waals surface area contributed by atoms with Gasteiger partial charge < -0.3 is 9.47 Å². The van der Waals surface area contributed by atoms with E-state index in [1.54, 1.807) is 48.5 Å². The molecule has 46 heavy (non-hydrogen) atoms. The van der Waals surface area contributed by atoms with Crippen LogP contribution in [0.5, 0.6) is 11.5 Å². The minimum atomic E-state index is -4.93. The molecule has 0 bridgehead atoms. The van der Waals surface area contributed by atoms with Gasteiger partial charge in [0.15, 0.2) is 0 Å². The average molecular weight is 623 g/mol. The number of benzene rings is 5. The molecular weight excluding hydrogens is 606 g/mol. The van der Waals surface area contributed by atoms with E-state index in [-0.39, 0.29) is 0 Å². The molecule has 5 aromatic rings. The molecule has 0 unspecified atom stereocenters. The SMILES string of the molecule is N#Cc1ccc(C2=c3c(ccc4c3=C(c3ccc(C#N)cc3)c3cc(OC(F)(F)F)ccc3-4)-c3ccc(OC(F)(F)F)cc32)cc1. The van der Waals surface area contributed by atoms with Gasteiger partial charge in [0.1, 0.15) is 11.5 Å². The predicted octanol–water partition coefficient (Wildman–Crippen LogP) is 7.68. The van der Waals surface area contributed by atoms with E-state index < -0.39 is 24.2 Å². The number of rotatable bonds is 4. The summed E-state index contributed by atoms with van der Waals surface area (Å²) in [6.45, 7) is 0. The zero-order valence-electron chi connectivity index (χ0n) is 23.2. The molecule has 0 aromatic heterocycles. The molecule has 0 heterocycles. The number of hydrogen-bond acceptors (Lipinski definition) is 4. The molecule has 0 N–H and O–H groups in total. The highest BCUT2D eigenvalue weighted by Crippen LogP contribution is 2.43. The molecule has 0 saturated carbocycles. The fraction of sp³-hybridized carbons (Fsp3) is 0.0556. The Morgan fingerprint density at radius 2 is 0.783 bits per heavy atom. The summed E-state index contributed by atoms with van der Waals surface area (Å²) in [5, 5.41) is 20.1. The fourth-order valence-corrected chi connectivity index (χ4v) is 6.19. The van der Waals surface area contributed by atoms with Crippen LogP contribution >= 0.6 is 0 Å². The Morgan fingerprint density at radius 1 is 0.435 bits per heavy atom. The first-order valence-corrected chi connectivity index (χ1v) is 13.7. The molecule has 0 aliphatic heterocycles. The molecule has 0 spiro atoms. The third kappa shape index (κ3) is 4.90. The van der Waals surface area contributed by atoms with Gasteiger partial charge in [0, 0.05) is 0 Å². The normalized spacial score (nSPS) is 12.9. The summed E-state index contributed by atoms with van der Waals surface area (Å²) in [6.07, 6.45) is -9.85. The van der Waals surface area contributed by atoms with Crippen molar-refractivity contribution in [2.75, 3.05) is 0 Å². The lowest BCUT2D eigenvalue weighted by Crippen LogP contribution is -2.30. The Balaban J connectivity index is 1.62. The molecule has 0 fully saturated rings. The van der Waals surface area contributed by atoms with Gasteiger partial charge in [-0.15, -0.1) is 26.3 Å². The fourth-order valence-electron chi connectivity index (χ4n) is 6.19. The lowest BCUT2D eigenvalue weighted by molar-refractivity contribution is -0.275. The number of alkyl halides is 6. The van der Waals surface area contributed by atoms with E-state index in [0.717, 1.165) is 0 Å². The molecule has 4 nitrogen and oxygen atoms in total. The summed E-state index contributed by atoms with van der Waals surface area (Å²) < 4.78 is 88.1. The van der Waals surface area contributed by atoms with Crippen molar-refractivity contribution >= 4 is 11.1 Å². The van der Waals surface area contributed by atoms with Crippen LogP contribution in [0.25, 0.3) is 33.4 Å². The standard InChI is InChI=1S/C36H16F6N2O2/c37-35(38,39)45-23-9-11-25-27-13-14-28-26-12-10-24(46-36(40,41)42)16-30(26)32(22-7-3-20(18-44)4-8-22)34(28)33(27)31(29(25)15-23)21-5-1-19(17-43)2-6-21/h1-16H. The highest BCUT2D eigenvalue weighted by Gasteiger charge is 2.35. The maximum atomic E-state index is 13.3. The van der Waals surface area contributed by atoms with Crippen LogP contribution in [-0.2, 0) is 0 Å². The summed E-state index contributed by atoms with van der Waals surface area (Å²) in [6, 6.07) is 29.1. The number of ether oxygens (including phenoxy) is 2. The van der Waals surface area contributed by atoms with Crippen LogP contribution < -0.4 is 19.9 Å². The van der Waals surface area contributed by atoms with E-state index in [1.165, 1.54) is 36.4 Å². The van der Waals surface area contributed by atoms with Crippen molar-refractivity contribution in [1.82, 2.24) is 0 Å². The third-order valence-corrected chi connectivity index (χ3v) is 7.88. The smallest absolute Gasteiger partial charge is 0.406 e. The Bertz CT molecular complexity index is 2130. The second-order valence-corrected chi connectivity index (χ2v) is 10.5. The van der Waals surface area contributed by atoms with Gasteiger partial charge in [-0.1, -0.05) is 48.5 Å². The molecule has 7 rings (SSSR count). The van der Waals surface area contributed by atoms with Crippen molar-refractivity contribution in [3.05, 3.63) is 141 Å². The van der Waals surface area contributed by atoms with Crippen molar-refractivity contribution in [2.45, 2.75) is 12.7 Å². The van der Waals surface area contributed by atoms with Gasteiger partial charge in [0.05, 0.1) is 23.3 Å². The first-order chi connectivity index (χ1) is 21.9. The molecular formula is C36H16F6N2O2. The van der Waals surface area contributed by atoms with E-state index in [2.05, 4.69) is 21.6 Å². The number of hydrogen-bond donors (Lipinski definition) is 0. The Morgan fingerprint density at radius 3 is 1.11 bits per heavy atom. The molecule has 0 atom stereocenters. The van der Waals surface area contributed by atoms with Crippen molar-refractivity contribution in [3.8, 4) is 45.9 Å². The largest absolute Gasteiger partial charge is 0.573 e. The zero-order valence-corrected chi connectivity index (χ0v) is 23.2. The second-order valence-electron chi connectivity index (χ2n) is 10.5. The lowest BCUT2D eigenvalue weighted by atomic mass is 9.94. The van der Waals surface area contributed by atoms with Gasteiger partial charge in [-0.05, 0) is 115 Å². The molecule has 0 radical (unpaired) electrons. The van der Waals surface area contributed by atoms with E-state index in [4.69, 9.17) is 0 Å². The van der Waals surface area contributed by atoms with Crippen LogP contribution in [0.1, 0.15) is 33.4 Å². The average Bonchev–Trinajstić information content (AvgIpc) is 3.51. The Hall–Kier alpha value is -6.00. The summed E-state index contributed by atoms with van der Waals surface area (Å²) >= 11 is 0. The molecule has 0 saturated heterocycles. The molecule has 0 amide bonds. The quantitative estimate of drug-likeness (QED) is 0.189. The van der Waals surface area contributed by atoms with Crippen molar-refractivity contribution < 1.29 is 35.8 Å². The maximum Gasteiger partial charge on any atom is 0.573 e. The van der Waals surface area contributed by atoms with Crippen LogP contribution in [0.3, 0.4) is 0 Å². The van der Waals surface area contributed by atoms with Gasteiger partial charge in [-0.25, -0.2) is 0 Å². The van der Waals surface area contributed by atoms with Crippen molar-refractivity contribution in [2.24, 2.45) is 0 Å². The van der Waals surface area contributed by atoms with E-state index in [0.29, 0.717) is 77.2 Å². The minimum absolute atomic E-state index is 0.379. The van der Waals surface area contributed by atoms with Crippen molar-refractivity contribution in [1.29, 1.82) is 10.5 Å². The molecule has 5 aromatic carbocycles. The van der Waals surface area contributed by atoms with Gasteiger partial charge in [-0.2, -0.15) is 10.5 Å². The van der Waals surface area contributed by atoms with Crippen LogP contribution in [-0.4, -0.2) is 12.7 Å². The topological polar surface area (TPSA) is 66.0 Å². The third-order valence-electron chi connectivity index (χ3n) is 7.88. The van der Waals surface area contributed by atoms with Gasteiger partial charge in [0.2, 0.25) is 0 Å². The van der Waals surface area contributed by atoms with Crippen LogP contribution in [0.4, 0.5) is 26.3 Å². The van der Waals surface area contributed by atoms with Crippen LogP contribution in [0.15, 0.2) is 97.1 Å². The summed E-state index contributed by atoms with van der Waals surface area (Å²) in [7, 11) is 0. The van der Waals surface area contributed by atoms with Crippen LogP contribution in [0.2, 0.25) is 0 Å². The molecule has 2 aliphatic rings. The number of halogens is 6. The van der Waals surface area contributed by atoms with Gasteiger partial charge in [-0.3, -0.25) is 0 Å². The van der Waals surface area contributed by atoms with E-state index >= 15 is 0 Å². The van der Waals surface area contributed by atoms with Gasteiger partial charge in [0.25, 0.3) is 0 Å². The highest BCUT2D eigenvalue weighted by molar-refractivity contribution is 6.02. The highest BCUT2D eigenvalue weighted by atomic mass is 19.4. The van der Waals surface area contributed by atoms with Crippen molar-refractivity contribution in [3.63, 3.8) is 0 Å². The summed E-state index contributed by atoms with van der Waals surface area (Å²) in [5.41, 5.74) is 6.63. The number of nitriles is 2. The molecule has 2 aliphatic carbocycles. The predicted molar refractivity (Wildman–Crippen MR) is 155 cm³/mol. The number of nitrogens with zero attached hydrogens (tertiary/aromatic N) is 2. The molecule has 224 valence electrons. The maximum absolute atomic E-state index is 13.3. The number of fused-ring (bicyclic) bond motifs is 7. The van der Waals surface area contributed by atoms with E-state index in [9.17, 15) is 36.9 Å². The second kappa shape index (κ2) is 10.3. The Kier molecular flexibility index (Phi) is 6.43. The minimum Gasteiger partial charge on any atom is -0.406 e. The zero-order chi connectivity index (χ0) is 32.4. The first kappa shape index (κ1) is 28.8. The molecule has 10 heteroatoms. The monoisotopic (exact) mass is 622 g/mol. The first-order valence-electron chi connectivity index (χ1n) is 13.7. The van der Waals surface area contributed by atoms with Gasteiger partial charge >= 0.3 is 12.7 Å². The van der Waals surface area contributed by atoms with Crippen LogP contribution in [0, 0.1) is 22.7 Å².